The van der Waals surface area contributed by atoms with E-state index in [0.717, 1.165) is 24.3 Å². The Hall–Kier alpha value is -0.898. The third-order valence-electron chi connectivity index (χ3n) is 5.32. The smallest absolute Gasteiger partial charge is 0.793 e. The van der Waals surface area contributed by atoms with Gasteiger partial charge in [0.05, 0.1) is 0 Å². The molecule has 0 N–H and O–H groups in total. The molecule has 0 fully saturated rings. The van der Waals surface area contributed by atoms with Crippen molar-refractivity contribution in [2.24, 2.45) is 0 Å². The van der Waals surface area contributed by atoms with Crippen LogP contribution < -0.4 is 21.2 Å². The first-order chi connectivity index (χ1) is 16.8. The Kier molecular flexibility index (Phi) is 15.9. The van der Waals surface area contributed by atoms with Gasteiger partial charge in [0.2, 0.25) is 0 Å². The zero-order chi connectivity index (χ0) is 23.8. The molecule has 0 spiro atoms. The summed E-state index contributed by atoms with van der Waals surface area (Å²) in [5.41, 5.74) is 0. The first kappa shape index (κ1) is 30.3. The third-order valence-corrected chi connectivity index (χ3v) is 11.1. The van der Waals surface area contributed by atoms with E-state index in [0.29, 0.717) is 0 Å². The van der Waals surface area contributed by atoms with Crippen molar-refractivity contribution in [3.8, 4) is 0 Å². The largest absolute Gasteiger partial charge is 2.00 e. The van der Waals surface area contributed by atoms with Gasteiger partial charge in [0.15, 0.2) is 0 Å². The van der Waals surface area contributed by atoms with Gasteiger partial charge in [-0.05, 0) is 49.4 Å². The maximum absolute atomic E-state index is 5.08. The molecular weight excluding hydrogens is 593 g/mol. The summed E-state index contributed by atoms with van der Waals surface area (Å²) in [5, 5.41) is 5.82. The van der Waals surface area contributed by atoms with Gasteiger partial charge in [-0.2, -0.15) is 11.5 Å². The molecule has 0 atom stereocenters. The van der Waals surface area contributed by atoms with Crippen molar-refractivity contribution in [2.45, 2.75) is 12.8 Å². The molecule has 0 aliphatic carbocycles. The summed E-state index contributed by atoms with van der Waals surface area (Å²) in [6, 6.07) is 43.2. The Bertz CT molecular complexity index is 869. The van der Waals surface area contributed by atoms with Crippen molar-refractivity contribution >= 4 is 62.3 Å². The van der Waals surface area contributed by atoms with Gasteiger partial charge in [0.1, 0.15) is 0 Å². The minimum Gasteiger partial charge on any atom is -0.793 e. The molecule has 5 heteroatoms. The molecule has 4 aromatic rings. The van der Waals surface area contributed by atoms with Crippen LogP contribution in [0.2, 0.25) is 0 Å². The van der Waals surface area contributed by atoms with E-state index in [1.807, 2.05) is 0 Å². The molecule has 0 heterocycles. The van der Waals surface area contributed by atoms with Gasteiger partial charge >= 0.3 is 20.4 Å². The molecule has 0 saturated carbocycles. The van der Waals surface area contributed by atoms with Gasteiger partial charge in [0, 0.05) is 0 Å². The van der Waals surface area contributed by atoms with Gasteiger partial charge in [-0.1, -0.05) is 134 Å². The van der Waals surface area contributed by atoms with Gasteiger partial charge in [0.25, 0.3) is 0 Å². The van der Waals surface area contributed by atoms with Crippen LogP contribution in [0, 0.1) is 0 Å². The van der Waals surface area contributed by atoms with Gasteiger partial charge in [-0.15, -0.1) is 0 Å². The Morgan fingerprint density at radius 1 is 0.400 bits per heavy atom. The van der Waals surface area contributed by atoms with Crippen LogP contribution >= 0.6 is 15.8 Å². The topological polar surface area (TPSA) is 0 Å². The Labute approximate surface area is 239 Å². The van der Waals surface area contributed by atoms with Crippen molar-refractivity contribution in [3.63, 3.8) is 0 Å². The molecule has 4 rings (SSSR count). The van der Waals surface area contributed by atoms with Crippen molar-refractivity contribution in [1.82, 2.24) is 0 Å². The van der Waals surface area contributed by atoms with Crippen LogP contribution in [-0.4, -0.2) is 23.8 Å². The van der Waals surface area contributed by atoms with E-state index in [2.05, 4.69) is 121 Å². The fourth-order valence-corrected chi connectivity index (χ4v) is 9.11. The number of rotatable bonds is 10. The molecule has 4 aromatic carbocycles. The summed E-state index contributed by atoms with van der Waals surface area (Å²) in [5.74, 6) is 1.72. The van der Waals surface area contributed by atoms with Crippen LogP contribution in [0.4, 0.5) is 0 Å². The normalized spacial score (nSPS) is 10.4. The van der Waals surface area contributed by atoms with E-state index in [9.17, 15) is 0 Å². The Morgan fingerprint density at radius 2 is 0.629 bits per heavy atom. The van der Waals surface area contributed by atoms with Gasteiger partial charge < -0.3 is 25.3 Å². The van der Waals surface area contributed by atoms with Gasteiger partial charge in [-0.3, -0.25) is 0 Å². The van der Waals surface area contributed by atoms with E-state index < -0.39 is 0 Å². The minimum absolute atomic E-state index is 0. The van der Waals surface area contributed by atoms with Crippen LogP contribution in [0.5, 0.6) is 0 Å². The molecule has 0 saturated heterocycles. The Morgan fingerprint density at radius 3 is 0.829 bits per heavy atom. The summed E-state index contributed by atoms with van der Waals surface area (Å²) in [6.45, 7) is 0. The van der Waals surface area contributed by atoms with Crippen LogP contribution in [0.3, 0.4) is 0 Å². The van der Waals surface area contributed by atoms with E-state index in [4.69, 9.17) is 25.3 Å². The molecule has 35 heavy (non-hydrogen) atoms. The second-order valence-electron chi connectivity index (χ2n) is 7.76. The maximum Gasteiger partial charge on any atom is 2.00 e. The molecule has 0 bridgehead atoms. The number of hydrogen-bond donors (Lipinski definition) is 0. The SMILES string of the molecule is [Pd+2].[S-]CCCP(c1ccccc1)c1ccccc1.[S-]CCCP(c1ccccc1)c1ccccc1. The second-order valence-corrected chi connectivity index (χ2v) is 13.2. The van der Waals surface area contributed by atoms with Crippen LogP contribution in [-0.2, 0) is 45.7 Å². The predicted octanol–water partition coefficient (Wildman–Crippen LogP) is 6.11. The molecule has 0 aliphatic heterocycles. The zero-order valence-corrected chi connectivity index (χ0v) is 24.8. The zero-order valence-electron chi connectivity index (χ0n) is 19.8. The van der Waals surface area contributed by atoms with E-state index in [-0.39, 0.29) is 36.3 Å². The molecule has 0 amide bonds. The maximum atomic E-state index is 5.08. The minimum atomic E-state index is -0.223. The average molecular weight is 625 g/mol. The molecule has 0 aromatic heterocycles. The number of benzene rings is 4. The predicted molar refractivity (Wildman–Crippen MR) is 162 cm³/mol. The fourth-order valence-electron chi connectivity index (χ4n) is 3.69. The molecule has 0 radical (unpaired) electrons. The molecule has 0 unspecified atom stereocenters. The molecule has 184 valence electrons. The van der Waals surface area contributed by atoms with Crippen molar-refractivity contribution in [1.29, 1.82) is 0 Å². The number of hydrogen-bond acceptors (Lipinski definition) is 2. The quantitative estimate of drug-likeness (QED) is 0.119. The van der Waals surface area contributed by atoms with Crippen molar-refractivity contribution in [3.05, 3.63) is 121 Å². The summed E-state index contributed by atoms with van der Waals surface area (Å²) in [4.78, 5) is 0. The first-order valence-corrected chi connectivity index (χ1v) is 16.0. The second kappa shape index (κ2) is 18.4. The Balaban J connectivity index is 0.000000240. The monoisotopic (exact) mass is 624 g/mol. The van der Waals surface area contributed by atoms with E-state index in [1.54, 1.807) is 0 Å². The summed E-state index contributed by atoms with van der Waals surface area (Å²) in [6.07, 6.45) is 4.66. The summed E-state index contributed by atoms with van der Waals surface area (Å²) < 4.78 is 0. The van der Waals surface area contributed by atoms with E-state index >= 15 is 0 Å². The standard InChI is InChI=1S/2C15H17PS.Pd/c2*17-13-7-12-16(14-8-3-1-4-9-14)15-10-5-2-6-11-15;/h2*1-6,8-11,17H,7,12-13H2;/q;;+2/p-2. The van der Waals surface area contributed by atoms with Crippen LogP contribution in [0.25, 0.3) is 0 Å². The summed E-state index contributed by atoms with van der Waals surface area (Å²) >= 11 is 10.2. The average Bonchev–Trinajstić information content (AvgIpc) is 2.92. The van der Waals surface area contributed by atoms with Crippen molar-refractivity contribution < 1.29 is 20.4 Å². The van der Waals surface area contributed by atoms with Crippen LogP contribution in [0.1, 0.15) is 12.8 Å². The third kappa shape index (κ3) is 10.5. The van der Waals surface area contributed by atoms with Crippen LogP contribution in [0.15, 0.2) is 121 Å². The fraction of sp³-hybridized carbons (Fsp3) is 0.200. The molecule has 0 nitrogen and oxygen atoms in total. The molecular formula is C30H32P2PdS2. The van der Waals surface area contributed by atoms with E-state index in [1.165, 1.54) is 33.5 Å². The summed E-state index contributed by atoms with van der Waals surface area (Å²) in [7, 11) is -0.447. The molecule has 0 aliphatic rings. The van der Waals surface area contributed by atoms with Crippen molar-refractivity contribution in [2.75, 3.05) is 23.8 Å². The first-order valence-electron chi connectivity index (χ1n) is 11.7. The van der Waals surface area contributed by atoms with Gasteiger partial charge in [-0.25, -0.2) is 0 Å².